The highest BCUT2D eigenvalue weighted by Gasteiger charge is 2.20. The maximum Gasteiger partial charge on any atom is 0.237 e. The Kier molecular flexibility index (Phi) is 5.35. The minimum Gasteiger partial charge on any atom is -0.486 e. The number of carbonyl (C=O) groups excluding carboxylic acids is 1. The lowest BCUT2D eigenvalue weighted by atomic mass is 10.0. The fraction of sp³-hybridized carbons (Fsp3) is 0.533. The van der Waals surface area contributed by atoms with Crippen molar-refractivity contribution in [2.45, 2.75) is 38.3 Å². The summed E-state index contributed by atoms with van der Waals surface area (Å²) in [4.78, 5) is 11.9. The minimum absolute atomic E-state index is 0.00585. The molecule has 1 amide bonds. The second-order valence-corrected chi connectivity index (χ2v) is 5.11. The molecule has 1 aliphatic heterocycles. The summed E-state index contributed by atoms with van der Waals surface area (Å²) in [6.45, 7) is 3.06. The van der Waals surface area contributed by atoms with Gasteiger partial charge in [-0.2, -0.15) is 0 Å². The van der Waals surface area contributed by atoms with Crippen molar-refractivity contribution in [3.05, 3.63) is 30.1 Å². The maximum atomic E-state index is 13.4. The largest absolute Gasteiger partial charge is 0.486 e. The first kappa shape index (κ1) is 14.8. The van der Waals surface area contributed by atoms with E-state index >= 15 is 0 Å². The van der Waals surface area contributed by atoms with Gasteiger partial charge in [0.1, 0.15) is 6.10 Å². The summed E-state index contributed by atoms with van der Waals surface area (Å²) < 4.78 is 18.9. The van der Waals surface area contributed by atoms with Crippen molar-refractivity contribution < 1.29 is 13.9 Å². The number of carbonyl (C=O) groups is 1. The Hall–Kier alpha value is -1.62. The van der Waals surface area contributed by atoms with E-state index < -0.39 is 0 Å². The van der Waals surface area contributed by atoms with Crippen LogP contribution in [0.5, 0.6) is 5.75 Å². The molecule has 2 atom stereocenters. The number of benzene rings is 1. The lowest BCUT2D eigenvalue weighted by Crippen LogP contribution is -2.48. The molecule has 5 heteroatoms. The fourth-order valence-electron chi connectivity index (χ4n) is 2.24. The van der Waals surface area contributed by atoms with Crippen molar-refractivity contribution in [2.24, 2.45) is 0 Å². The third-order valence-corrected chi connectivity index (χ3v) is 3.36. The van der Waals surface area contributed by atoms with E-state index in [9.17, 15) is 9.18 Å². The van der Waals surface area contributed by atoms with E-state index in [-0.39, 0.29) is 29.6 Å². The van der Waals surface area contributed by atoms with Crippen molar-refractivity contribution in [2.75, 3.05) is 13.1 Å². The van der Waals surface area contributed by atoms with Gasteiger partial charge in [0.05, 0.1) is 12.6 Å². The topological polar surface area (TPSA) is 50.4 Å². The zero-order valence-electron chi connectivity index (χ0n) is 11.7. The Morgan fingerprint density at radius 3 is 3.00 bits per heavy atom. The fourth-order valence-corrected chi connectivity index (χ4v) is 2.24. The molecular weight excluding hydrogens is 259 g/mol. The molecule has 4 nitrogen and oxygen atoms in total. The van der Waals surface area contributed by atoms with E-state index in [1.807, 2.05) is 0 Å². The van der Waals surface area contributed by atoms with Gasteiger partial charge in [0.2, 0.25) is 5.91 Å². The van der Waals surface area contributed by atoms with Crippen LogP contribution in [0.3, 0.4) is 0 Å². The highest BCUT2D eigenvalue weighted by atomic mass is 19.1. The van der Waals surface area contributed by atoms with E-state index in [1.54, 1.807) is 25.1 Å². The summed E-state index contributed by atoms with van der Waals surface area (Å²) in [6.07, 6.45) is 2.79. The average Bonchev–Trinajstić information content (AvgIpc) is 2.48. The van der Waals surface area contributed by atoms with Crippen molar-refractivity contribution in [1.29, 1.82) is 0 Å². The summed E-state index contributed by atoms with van der Waals surface area (Å²) in [6, 6.07) is 6.16. The van der Waals surface area contributed by atoms with E-state index in [0.717, 1.165) is 25.8 Å². The molecule has 0 saturated carbocycles. The molecule has 2 N–H and O–H groups in total. The smallest absolute Gasteiger partial charge is 0.237 e. The van der Waals surface area contributed by atoms with Crippen LogP contribution < -0.4 is 15.4 Å². The van der Waals surface area contributed by atoms with Crippen LogP contribution in [0, 0.1) is 5.82 Å². The van der Waals surface area contributed by atoms with Crippen molar-refractivity contribution in [1.82, 2.24) is 10.6 Å². The van der Waals surface area contributed by atoms with Crippen LogP contribution in [0.15, 0.2) is 24.3 Å². The molecular formula is C15H21FN2O2. The van der Waals surface area contributed by atoms with E-state index in [0.29, 0.717) is 6.54 Å². The Labute approximate surface area is 118 Å². The first-order chi connectivity index (χ1) is 9.66. The summed E-state index contributed by atoms with van der Waals surface area (Å²) in [5.41, 5.74) is 0. The molecule has 2 rings (SSSR count). The average molecular weight is 280 g/mol. The normalized spacial score (nSPS) is 20.2. The second kappa shape index (κ2) is 7.24. The molecule has 0 radical (unpaired) electrons. The number of amides is 1. The summed E-state index contributed by atoms with van der Waals surface area (Å²) in [5, 5.41) is 6.03. The SMILES string of the molecule is CC(CNC(=O)C1CCCCN1)Oc1ccccc1F. The monoisotopic (exact) mass is 280 g/mol. The molecule has 1 aromatic carbocycles. The van der Waals surface area contributed by atoms with Crippen molar-refractivity contribution >= 4 is 5.91 Å². The van der Waals surface area contributed by atoms with Gasteiger partial charge in [-0.25, -0.2) is 4.39 Å². The van der Waals surface area contributed by atoms with Gasteiger partial charge in [0.25, 0.3) is 0 Å². The summed E-state index contributed by atoms with van der Waals surface area (Å²) in [7, 11) is 0. The lowest BCUT2D eigenvalue weighted by Gasteiger charge is -2.23. The second-order valence-electron chi connectivity index (χ2n) is 5.11. The van der Waals surface area contributed by atoms with Gasteiger partial charge in [-0.1, -0.05) is 18.6 Å². The van der Waals surface area contributed by atoms with Gasteiger partial charge in [-0.15, -0.1) is 0 Å². The predicted molar refractivity (Wildman–Crippen MR) is 75.1 cm³/mol. The van der Waals surface area contributed by atoms with Gasteiger partial charge in [0, 0.05) is 0 Å². The third kappa shape index (κ3) is 4.20. The maximum absolute atomic E-state index is 13.4. The Balaban J connectivity index is 1.76. The third-order valence-electron chi connectivity index (χ3n) is 3.36. The van der Waals surface area contributed by atoms with Crippen LogP contribution in [-0.4, -0.2) is 31.1 Å². The van der Waals surface area contributed by atoms with Gasteiger partial charge in [-0.05, 0) is 38.4 Å². The molecule has 0 aromatic heterocycles. The predicted octanol–water partition coefficient (Wildman–Crippen LogP) is 1.85. The Bertz CT molecular complexity index is 447. The van der Waals surface area contributed by atoms with E-state index in [1.165, 1.54) is 6.07 Å². The number of piperidine rings is 1. The van der Waals surface area contributed by atoms with Crippen LogP contribution in [-0.2, 0) is 4.79 Å². The van der Waals surface area contributed by atoms with E-state index in [4.69, 9.17) is 4.74 Å². The molecule has 0 bridgehead atoms. The first-order valence-corrected chi connectivity index (χ1v) is 7.09. The van der Waals surface area contributed by atoms with Crippen molar-refractivity contribution in [3.63, 3.8) is 0 Å². The van der Waals surface area contributed by atoms with Gasteiger partial charge in [0.15, 0.2) is 11.6 Å². The zero-order valence-corrected chi connectivity index (χ0v) is 11.7. The molecule has 0 spiro atoms. The molecule has 0 aliphatic carbocycles. The van der Waals surface area contributed by atoms with Crippen LogP contribution in [0.4, 0.5) is 4.39 Å². The summed E-state index contributed by atoms with van der Waals surface area (Å²) >= 11 is 0. The van der Waals surface area contributed by atoms with Crippen LogP contribution in [0.2, 0.25) is 0 Å². The number of hydrogen-bond donors (Lipinski definition) is 2. The molecule has 1 heterocycles. The first-order valence-electron chi connectivity index (χ1n) is 7.09. The standard InChI is InChI=1S/C15H21FN2O2/c1-11(20-14-8-3-2-6-12(14)16)10-18-15(19)13-7-4-5-9-17-13/h2-3,6,8,11,13,17H,4-5,7,9-10H2,1H3,(H,18,19). The van der Waals surface area contributed by atoms with Crippen LogP contribution >= 0.6 is 0 Å². The van der Waals surface area contributed by atoms with E-state index in [2.05, 4.69) is 10.6 Å². The highest BCUT2D eigenvalue weighted by molar-refractivity contribution is 5.81. The lowest BCUT2D eigenvalue weighted by molar-refractivity contribution is -0.124. The van der Waals surface area contributed by atoms with Gasteiger partial charge < -0.3 is 15.4 Å². The number of hydrogen-bond acceptors (Lipinski definition) is 3. The minimum atomic E-state index is -0.389. The van der Waals surface area contributed by atoms with Gasteiger partial charge >= 0.3 is 0 Å². The number of halogens is 1. The van der Waals surface area contributed by atoms with Crippen LogP contribution in [0.1, 0.15) is 26.2 Å². The molecule has 1 aliphatic rings. The van der Waals surface area contributed by atoms with Gasteiger partial charge in [-0.3, -0.25) is 4.79 Å². The molecule has 20 heavy (non-hydrogen) atoms. The number of para-hydroxylation sites is 1. The zero-order chi connectivity index (χ0) is 14.4. The highest BCUT2D eigenvalue weighted by Crippen LogP contribution is 2.16. The summed E-state index contributed by atoms with van der Waals surface area (Å²) in [5.74, 6) is -0.182. The Morgan fingerprint density at radius 1 is 1.50 bits per heavy atom. The molecule has 2 unspecified atom stereocenters. The molecule has 1 aromatic rings. The Morgan fingerprint density at radius 2 is 2.30 bits per heavy atom. The molecule has 1 saturated heterocycles. The molecule has 110 valence electrons. The number of nitrogens with one attached hydrogen (secondary N) is 2. The van der Waals surface area contributed by atoms with Crippen LogP contribution in [0.25, 0.3) is 0 Å². The number of rotatable bonds is 5. The molecule has 1 fully saturated rings. The quantitative estimate of drug-likeness (QED) is 0.865. The number of ether oxygens (including phenoxy) is 1. The van der Waals surface area contributed by atoms with Crippen molar-refractivity contribution in [3.8, 4) is 5.75 Å².